The molecule has 60 valence electrons. The summed E-state index contributed by atoms with van der Waals surface area (Å²) in [5, 5.41) is 25.9. The summed E-state index contributed by atoms with van der Waals surface area (Å²) in [7, 11) is 0. The van der Waals surface area contributed by atoms with Crippen molar-refractivity contribution in [1.82, 2.24) is 0 Å². The Bertz CT molecular complexity index is 93.7. The van der Waals surface area contributed by atoms with E-state index in [1.807, 2.05) is 0 Å². The highest BCUT2D eigenvalue weighted by Gasteiger charge is 2.09. The maximum Gasteiger partial charge on any atom is 0.122 e. The smallest absolute Gasteiger partial charge is 0.122 e. The predicted molar refractivity (Wildman–Crippen MR) is 34.4 cm³/mol. The van der Waals surface area contributed by atoms with Crippen LogP contribution in [0.25, 0.3) is 0 Å². The van der Waals surface area contributed by atoms with Gasteiger partial charge in [-0.25, -0.2) is 0 Å². The summed E-state index contributed by atoms with van der Waals surface area (Å²) >= 11 is 0. The van der Waals surface area contributed by atoms with Gasteiger partial charge < -0.3 is 20.1 Å². The molecule has 0 aromatic carbocycles. The molecule has 0 heterocycles. The lowest BCUT2D eigenvalue weighted by molar-refractivity contribution is -0.109. The van der Waals surface area contributed by atoms with Gasteiger partial charge in [-0.2, -0.15) is 0 Å². The van der Waals surface area contributed by atoms with E-state index in [9.17, 15) is 4.79 Å². The fourth-order valence-corrected chi connectivity index (χ4v) is 0.596. The van der Waals surface area contributed by atoms with Crippen LogP contribution >= 0.6 is 0 Å². The van der Waals surface area contributed by atoms with Crippen molar-refractivity contribution >= 4 is 6.29 Å². The van der Waals surface area contributed by atoms with Crippen LogP contribution in [0, 0.1) is 0 Å². The Morgan fingerprint density at radius 3 is 2.30 bits per heavy atom. The van der Waals surface area contributed by atoms with Crippen molar-refractivity contribution in [3.63, 3.8) is 0 Å². The van der Waals surface area contributed by atoms with Gasteiger partial charge in [0.15, 0.2) is 0 Å². The van der Waals surface area contributed by atoms with Crippen molar-refractivity contribution in [1.29, 1.82) is 0 Å². The summed E-state index contributed by atoms with van der Waals surface area (Å²) in [6, 6.07) is 0. The highest BCUT2D eigenvalue weighted by molar-refractivity contribution is 5.49. The van der Waals surface area contributed by atoms with Crippen molar-refractivity contribution in [3.05, 3.63) is 0 Å². The molecule has 0 aromatic rings. The van der Waals surface area contributed by atoms with Crippen LogP contribution in [0.15, 0.2) is 0 Å². The zero-order valence-electron chi connectivity index (χ0n) is 5.60. The monoisotopic (exact) mass is 148 g/mol. The Kier molecular flexibility index (Phi) is 5.10. The minimum atomic E-state index is -0.921. The predicted octanol–water partition coefficient (Wildman–Crippen LogP) is -1.32. The standard InChI is InChI=1S/C6H12O4/c7-2-1-5(9)3-6(10)4-8/h2,5-6,8-10H,1,3-4H2/t5-,6-/m0/s1. The number of hydrogen-bond donors (Lipinski definition) is 3. The molecule has 4 nitrogen and oxygen atoms in total. The fraction of sp³-hybridized carbons (Fsp3) is 0.833. The average molecular weight is 148 g/mol. The summed E-state index contributed by atoms with van der Waals surface area (Å²) in [5.74, 6) is 0. The molecule has 0 bridgehead atoms. The third-order valence-electron chi connectivity index (χ3n) is 1.12. The Morgan fingerprint density at radius 2 is 1.90 bits per heavy atom. The molecule has 0 rings (SSSR count). The van der Waals surface area contributed by atoms with Crippen LogP contribution in [-0.2, 0) is 4.79 Å². The van der Waals surface area contributed by atoms with E-state index in [1.165, 1.54) is 0 Å². The Hall–Kier alpha value is -0.450. The fourth-order valence-electron chi connectivity index (χ4n) is 0.596. The second-order valence-electron chi connectivity index (χ2n) is 2.13. The molecule has 0 aliphatic carbocycles. The molecular weight excluding hydrogens is 136 g/mol. The number of aliphatic hydroxyl groups excluding tert-OH is 3. The first kappa shape index (κ1) is 9.55. The molecule has 2 atom stereocenters. The van der Waals surface area contributed by atoms with Crippen molar-refractivity contribution in [3.8, 4) is 0 Å². The summed E-state index contributed by atoms with van der Waals surface area (Å²) in [6.07, 6.45) is -1.12. The van der Waals surface area contributed by atoms with Gasteiger partial charge in [0.25, 0.3) is 0 Å². The second-order valence-corrected chi connectivity index (χ2v) is 2.13. The lowest BCUT2D eigenvalue weighted by atomic mass is 10.1. The van der Waals surface area contributed by atoms with Crippen LogP contribution < -0.4 is 0 Å². The van der Waals surface area contributed by atoms with Gasteiger partial charge >= 0.3 is 0 Å². The third kappa shape index (κ3) is 4.43. The van der Waals surface area contributed by atoms with Crippen molar-refractivity contribution < 1.29 is 20.1 Å². The van der Waals surface area contributed by atoms with Crippen LogP contribution in [0.2, 0.25) is 0 Å². The molecule has 0 amide bonds. The average Bonchev–Trinajstić information content (AvgIpc) is 1.88. The van der Waals surface area contributed by atoms with E-state index in [4.69, 9.17) is 15.3 Å². The molecule has 0 aromatic heterocycles. The van der Waals surface area contributed by atoms with E-state index in [-0.39, 0.29) is 19.4 Å². The summed E-state index contributed by atoms with van der Waals surface area (Å²) in [4.78, 5) is 9.78. The number of aldehydes is 1. The van der Waals surface area contributed by atoms with Gasteiger partial charge in [-0.1, -0.05) is 0 Å². The zero-order chi connectivity index (χ0) is 7.98. The van der Waals surface area contributed by atoms with E-state index >= 15 is 0 Å². The first-order valence-electron chi connectivity index (χ1n) is 3.11. The molecule has 0 aliphatic rings. The topological polar surface area (TPSA) is 77.8 Å². The first-order chi connectivity index (χ1) is 4.70. The molecule has 0 radical (unpaired) electrons. The lowest BCUT2D eigenvalue weighted by Gasteiger charge is -2.09. The molecule has 0 aliphatic heterocycles. The van der Waals surface area contributed by atoms with Gasteiger partial charge in [-0.05, 0) is 0 Å². The minimum absolute atomic E-state index is 0.0110. The Morgan fingerprint density at radius 1 is 1.30 bits per heavy atom. The molecule has 3 N–H and O–H groups in total. The van der Waals surface area contributed by atoms with Crippen LogP contribution in [0.4, 0.5) is 0 Å². The number of rotatable bonds is 5. The van der Waals surface area contributed by atoms with Gasteiger partial charge in [0.1, 0.15) is 6.29 Å². The van der Waals surface area contributed by atoms with Crippen molar-refractivity contribution in [2.45, 2.75) is 25.0 Å². The third-order valence-corrected chi connectivity index (χ3v) is 1.12. The number of carbonyl (C=O) groups excluding carboxylic acids is 1. The zero-order valence-corrected chi connectivity index (χ0v) is 5.60. The van der Waals surface area contributed by atoms with Crippen LogP contribution in [0.3, 0.4) is 0 Å². The SMILES string of the molecule is O=CC[C@H](O)C[C@H](O)CO. The highest BCUT2D eigenvalue weighted by atomic mass is 16.3. The van der Waals surface area contributed by atoms with Gasteiger partial charge in [-0.3, -0.25) is 0 Å². The molecule has 4 heteroatoms. The summed E-state index contributed by atoms with van der Waals surface area (Å²) < 4.78 is 0. The number of aliphatic hydroxyl groups is 3. The molecule has 0 saturated heterocycles. The van der Waals surface area contributed by atoms with E-state index in [1.54, 1.807) is 0 Å². The largest absolute Gasteiger partial charge is 0.394 e. The van der Waals surface area contributed by atoms with Crippen LogP contribution in [0.1, 0.15) is 12.8 Å². The molecule has 0 saturated carbocycles. The van der Waals surface area contributed by atoms with Crippen molar-refractivity contribution in [2.75, 3.05) is 6.61 Å². The Labute approximate surface area is 59.1 Å². The number of hydrogen-bond acceptors (Lipinski definition) is 4. The molecule has 0 spiro atoms. The van der Waals surface area contributed by atoms with E-state index in [2.05, 4.69) is 0 Å². The lowest BCUT2D eigenvalue weighted by Crippen LogP contribution is -2.20. The summed E-state index contributed by atoms with van der Waals surface area (Å²) in [6.45, 7) is -0.379. The van der Waals surface area contributed by atoms with Gasteiger partial charge in [-0.15, -0.1) is 0 Å². The van der Waals surface area contributed by atoms with E-state index < -0.39 is 12.2 Å². The Balaban J connectivity index is 3.35. The second kappa shape index (κ2) is 5.34. The molecule has 10 heavy (non-hydrogen) atoms. The van der Waals surface area contributed by atoms with E-state index in [0.717, 1.165) is 0 Å². The van der Waals surface area contributed by atoms with Gasteiger partial charge in [0.2, 0.25) is 0 Å². The van der Waals surface area contributed by atoms with E-state index in [0.29, 0.717) is 6.29 Å². The quantitative estimate of drug-likeness (QED) is 0.422. The van der Waals surface area contributed by atoms with Crippen LogP contribution in [0.5, 0.6) is 0 Å². The molecular formula is C6H12O4. The van der Waals surface area contributed by atoms with Crippen LogP contribution in [-0.4, -0.2) is 40.4 Å². The highest BCUT2D eigenvalue weighted by Crippen LogP contribution is 1.99. The first-order valence-corrected chi connectivity index (χ1v) is 3.11. The normalized spacial score (nSPS) is 16.3. The van der Waals surface area contributed by atoms with Gasteiger partial charge in [0, 0.05) is 12.8 Å². The van der Waals surface area contributed by atoms with Gasteiger partial charge in [0.05, 0.1) is 18.8 Å². The molecule has 0 fully saturated rings. The minimum Gasteiger partial charge on any atom is -0.394 e. The molecule has 0 unspecified atom stereocenters. The van der Waals surface area contributed by atoms with Crippen molar-refractivity contribution in [2.24, 2.45) is 0 Å². The summed E-state index contributed by atoms with van der Waals surface area (Å²) in [5.41, 5.74) is 0. The number of carbonyl (C=O) groups is 1. The maximum absolute atomic E-state index is 9.78. The maximum atomic E-state index is 9.78.